The minimum absolute atomic E-state index is 0.0435. The van der Waals surface area contributed by atoms with E-state index in [4.69, 9.17) is 16.0 Å². The van der Waals surface area contributed by atoms with Crippen molar-refractivity contribution in [2.75, 3.05) is 32.7 Å². The molecule has 2 aliphatic rings. The summed E-state index contributed by atoms with van der Waals surface area (Å²) < 4.78 is 4.97. The van der Waals surface area contributed by atoms with Crippen molar-refractivity contribution < 1.29 is 14.0 Å². The molecule has 0 aromatic carbocycles. The van der Waals surface area contributed by atoms with Crippen LogP contribution in [0.5, 0.6) is 0 Å². The van der Waals surface area contributed by atoms with Crippen LogP contribution >= 0.6 is 11.6 Å². The van der Waals surface area contributed by atoms with Gasteiger partial charge in [0.05, 0.1) is 11.8 Å². The van der Waals surface area contributed by atoms with Crippen LogP contribution in [0.15, 0.2) is 16.7 Å². The molecule has 0 saturated carbocycles. The molecule has 1 aromatic heterocycles. The lowest BCUT2D eigenvalue weighted by atomic mass is 10.1. The van der Waals surface area contributed by atoms with Crippen LogP contribution in [0, 0.1) is 0 Å². The Bertz CT molecular complexity index is 539. The Morgan fingerprint density at radius 1 is 1.29 bits per heavy atom. The number of halogens is 1. The Morgan fingerprint density at radius 3 is 2.71 bits per heavy atom. The third kappa shape index (κ3) is 2.78. The maximum Gasteiger partial charge on any atom is 0.259 e. The molecule has 114 valence electrons. The average molecular weight is 312 g/mol. The number of carbonyl (C=O) groups excluding carboxylic acids is 2. The van der Waals surface area contributed by atoms with Crippen molar-refractivity contribution >= 4 is 23.4 Å². The highest BCUT2D eigenvalue weighted by Gasteiger charge is 2.38. The molecule has 6 nitrogen and oxygen atoms in total. The SMILES string of the molecule is O=C(C1CCCN1C(=O)c1ccoc1Cl)N1CCNCC1. The molecule has 2 saturated heterocycles. The van der Waals surface area contributed by atoms with E-state index in [9.17, 15) is 9.59 Å². The van der Waals surface area contributed by atoms with Crippen LogP contribution in [-0.2, 0) is 4.79 Å². The molecule has 2 aliphatic heterocycles. The van der Waals surface area contributed by atoms with Gasteiger partial charge in [-0.1, -0.05) is 0 Å². The predicted octanol–water partition coefficient (Wildman–Crippen LogP) is 0.969. The normalized spacial score (nSPS) is 22.6. The molecule has 0 radical (unpaired) electrons. The molecular weight excluding hydrogens is 294 g/mol. The van der Waals surface area contributed by atoms with Gasteiger partial charge in [0.15, 0.2) is 0 Å². The average Bonchev–Trinajstić information content (AvgIpc) is 3.15. The highest BCUT2D eigenvalue weighted by atomic mass is 35.5. The molecule has 0 bridgehead atoms. The van der Waals surface area contributed by atoms with Gasteiger partial charge >= 0.3 is 0 Å². The Balaban J connectivity index is 1.74. The van der Waals surface area contributed by atoms with E-state index >= 15 is 0 Å². The fraction of sp³-hybridized carbons (Fsp3) is 0.571. The van der Waals surface area contributed by atoms with Gasteiger partial charge in [0.25, 0.3) is 5.91 Å². The molecule has 21 heavy (non-hydrogen) atoms. The van der Waals surface area contributed by atoms with E-state index < -0.39 is 0 Å². The van der Waals surface area contributed by atoms with Crippen molar-refractivity contribution in [1.82, 2.24) is 15.1 Å². The third-order valence-electron chi connectivity index (χ3n) is 4.08. The lowest BCUT2D eigenvalue weighted by Gasteiger charge is -2.32. The smallest absolute Gasteiger partial charge is 0.259 e. The summed E-state index contributed by atoms with van der Waals surface area (Å²) >= 11 is 5.87. The first kappa shape index (κ1) is 14.4. The lowest BCUT2D eigenvalue weighted by Crippen LogP contribution is -2.53. The number of likely N-dealkylation sites (tertiary alicyclic amines) is 1. The number of rotatable bonds is 2. The summed E-state index contributed by atoms with van der Waals surface area (Å²) in [6, 6.07) is 1.18. The molecule has 1 N–H and O–H groups in total. The number of carbonyl (C=O) groups is 2. The minimum atomic E-state index is -0.374. The van der Waals surface area contributed by atoms with Gasteiger partial charge in [0.1, 0.15) is 6.04 Å². The predicted molar refractivity (Wildman–Crippen MR) is 77.2 cm³/mol. The number of nitrogens with zero attached hydrogens (tertiary/aromatic N) is 2. The number of piperazine rings is 1. The summed E-state index contributed by atoms with van der Waals surface area (Å²) in [6.45, 7) is 3.59. The van der Waals surface area contributed by atoms with E-state index in [1.54, 1.807) is 11.0 Å². The van der Waals surface area contributed by atoms with Gasteiger partial charge in [-0.05, 0) is 30.5 Å². The number of furan rings is 1. The Hall–Kier alpha value is -1.53. The van der Waals surface area contributed by atoms with E-state index in [-0.39, 0.29) is 23.1 Å². The molecule has 0 aliphatic carbocycles. The van der Waals surface area contributed by atoms with Gasteiger partial charge in [-0.3, -0.25) is 9.59 Å². The molecule has 7 heteroatoms. The number of hydrogen-bond donors (Lipinski definition) is 1. The first-order valence-electron chi connectivity index (χ1n) is 7.22. The number of hydrogen-bond acceptors (Lipinski definition) is 4. The van der Waals surface area contributed by atoms with Gasteiger partial charge < -0.3 is 19.5 Å². The molecule has 2 amide bonds. The van der Waals surface area contributed by atoms with Crippen molar-refractivity contribution in [2.45, 2.75) is 18.9 Å². The van der Waals surface area contributed by atoms with Crippen LogP contribution in [0.3, 0.4) is 0 Å². The van der Waals surface area contributed by atoms with Crippen LogP contribution in [-0.4, -0.2) is 60.4 Å². The lowest BCUT2D eigenvalue weighted by molar-refractivity contribution is -0.135. The standard InChI is InChI=1S/C14H18ClN3O3/c15-12-10(3-9-21-12)13(19)18-6-1-2-11(18)14(20)17-7-4-16-5-8-17/h3,9,11,16H,1-2,4-8H2. The second-order valence-corrected chi connectivity index (χ2v) is 5.68. The van der Waals surface area contributed by atoms with Crippen molar-refractivity contribution in [3.05, 3.63) is 23.1 Å². The maximum absolute atomic E-state index is 12.6. The van der Waals surface area contributed by atoms with Crippen molar-refractivity contribution in [3.63, 3.8) is 0 Å². The van der Waals surface area contributed by atoms with E-state index in [0.717, 1.165) is 19.5 Å². The summed E-state index contributed by atoms with van der Waals surface area (Å²) in [7, 11) is 0. The van der Waals surface area contributed by atoms with Crippen molar-refractivity contribution in [2.24, 2.45) is 0 Å². The zero-order valence-electron chi connectivity index (χ0n) is 11.7. The van der Waals surface area contributed by atoms with Gasteiger partial charge in [0.2, 0.25) is 11.1 Å². The minimum Gasteiger partial charge on any atom is -0.452 e. The van der Waals surface area contributed by atoms with Crippen LogP contribution in [0.2, 0.25) is 5.22 Å². The summed E-state index contributed by atoms with van der Waals surface area (Å²) in [5.41, 5.74) is 0.330. The summed E-state index contributed by atoms with van der Waals surface area (Å²) in [5, 5.41) is 3.30. The first-order chi connectivity index (χ1) is 10.2. The van der Waals surface area contributed by atoms with E-state index in [2.05, 4.69) is 5.32 Å². The van der Waals surface area contributed by atoms with Gasteiger partial charge in [-0.15, -0.1) is 0 Å². The molecule has 3 rings (SSSR count). The number of amides is 2. The third-order valence-corrected chi connectivity index (χ3v) is 4.37. The quantitative estimate of drug-likeness (QED) is 0.884. The Labute approximate surface area is 128 Å². The molecule has 1 aromatic rings. The van der Waals surface area contributed by atoms with Crippen LogP contribution in [0.25, 0.3) is 0 Å². The maximum atomic E-state index is 12.6. The molecule has 0 spiro atoms. The summed E-state index contributed by atoms with van der Waals surface area (Å²) in [5.74, 6) is -0.179. The zero-order chi connectivity index (χ0) is 14.8. The molecule has 2 fully saturated rings. The first-order valence-corrected chi connectivity index (χ1v) is 7.60. The van der Waals surface area contributed by atoms with Crippen LogP contribution in [0.4, 0.5) is 0 Å². The van der Waals surface area contributed by atoms with E-state index in [1.807, 2.05) is 4.90 Å². The van der Waals surface area contributed by atoms with Gasteiger partial charge in [0, 0.05) is 32.7 Å². The Morgan fingerprint density at radius 2 is 2.05 bits per heavy atom. The van der Waals surface area contributed by atoms with Gasteiger partial charge in [-0.25, -0.2) is 0 Å². The molecule has 1 unspecified atom stereocenters. The molecule has 3 heterocycles. The topological polar surface area (TPSA) is 65.8 Å². The van der Waals surface area contributed by atoms with Crippen LogP contribution in [0.1, 0.15) is 23.2 Å². The molecular formula is C14H18ClN3O3. The van der Waals surface area contributed by atoms with Gasteiger partial charge in [-0.2, -0.15) is 0 Å². The zero-order valence-corrected chi connectivity index (χ0v) is 12.4. The summed E-state index contributed by atoms with van der Waals surface area (Å²) in [6.07, 6.45) is 2.94. The van der Waals surface area contributed by atoms with E-state index in [1.165, 1.54) is 6.26 Å². The van der Waals surface area contributed by atoms with Crippen LogP contribution < -0.4 is 5.32 Å². The van der Waals surface area contributed by atoms with Crippen molar-refractivity contribution in [3.8, 4) is 0 Å². The van der Waals surface area contributed by atoms with Crippen molar-refractivity contribution in [1.29, 1.82) is 0 Å². The monoisotopic (exact) mass is 311 g/mol. The largest absolute Gasteiger partial charge is 0.452 e. The Kier molecular flexibility index (Phi) is 4.17. The number of nitrogens with one attached hydrogen (secondary N) is 1. The fourth-order valence-electron chi connectivity index (χ4n) is 2.96. The van der Waals surface area contributed by atoms with E-state index in [0.29, 0.717) is 31.6 Å². The second kappa shape index (κ2) is 6.07. The highest BCUT2D eigenvalue weighted by Crippen LogP contribution is 2.25. The highest BCUT2D eigenvalue weighted by molar-refractivity contribution is 6.32. The molecule has 1 atom stereocenters. The second-order valence-electron chi connectivity index (χ2n) is 5.34. The summed E-state index contributed by atoms with van der Waals surface area (Å²) in [4.78, 5) is 28.6. The fourth-order valence-corrected chi connectivity index (χ4v) is 3.16.